The van der Waals surface area contributed by atoms with E-state index >= 15 is 0 Å². The van der Waals surface area contributed by atoms with Crippen molar-refractivity contribution in [3.63, 3.8) is 0 Å². The lowest BCUT2D eigenvalue weighted by atomic mass is 9.51. The highest BCUT2D eigenvalue weighted by atomic mass is 32.2. The van der Waals surface area contributed by atoms with Crippen molar-refractivity contribution < 1.29 is 9.90 Å². The lowest BCUT2D eigenvalue weighted by molar-refractivity contribution is -0.149. The van der Waals surface area contributed by atoms with Crippen LogP contribution in [0.4, 0.5) is 0 Å². The minimum Gasteiger partial charge on any atom is -0.480 e. The van der Waals surface area contributed by atoms with Crippen LogP contribution >= 0.6 is 11.8 Å². The maximum atomic E-state index is 11.6. The number of benzene rings is 1. The molecule has 2 nitrogen and oxygen atoms in total. The molecule has 1 N–H and O–H groups in total. The SMILES string of the molecule is Cc1ccc(SC2(C(=O)O)CC3(CCC3)C2)cc1. The Morgan fingerprint density at radius 2 is 1.83 bits per heavy atom. The molecule has 0 aromatic heterocycles. The quantitative estimate of drug-likeness (QED) is 0.898. The zero-order chi connectivity index (χ0) is 12.8. The summed E-state index contributed by atoms with van der Waals surface area (Å²) < 4.78 is -0.560. The van der Waals surface area contributed by atoms with Gasteiger partial charge in [0.2, 0.25) is 0 Å². The highest BCUT2D eigenvalue weighted by molar-refractivity contribution is 8.01. The Bertz CT molecular complexity index is 466. The van der Waals surface area contributed by atoms with Crippen molar-refractivity contribution in [2.24, 2.45) is 5.41 Å². The van der Waals surface area contributed by atoms with E-state index in [1.807, 2.05) is 19.1 Å². The van der Waals surface area contributed by atoms with Gasteiger partial charge < -0.3 is 5.11 Å². The molecule has 2 aliphatic rings. The Kier molecular flexibility index (Phi) is 2.70. The van der Waals surface area contributed by atoms with E-state index in [1.165, 1.54) is 24.8 Å². The van der Waals surface area contributed by atoms with Gasteiger partial charge in [0.15, 0.2) is 0 Å². The first-order valence-corrected chi connectivity index (χ1v) is 7.35. The highest BCUT2D eigenvalue weighted by Crippen LogP contribution is 2.65. The molecule has 2 aliphatic carbocycles. The van der Waals surface area contributed by atoms with E-state index in [-0.39, 0.29) is 0 Å². The summed E-state index contributed by atoms with van der Waals surface area (Å²) in [5, 5.41) is 9.53. The molecule has 0 atom stereocenters. The first-order chi connectivity index (χ1) is 8.54. The number of hydrogen-bond donors (Lipinski definition) is 1. The topological polar surface area (TPSA) is 37.3 Å². The number of carbonyl (C=O) groups is 1. The Morgan fingerprint density at radius 1 is 1.22 bits per heavy atom. The van der Waals surface area contributed by atoms with Gasteiger partial charge in [0.25, 0.3) is 0 Å². The molecule has 0 bridgehead atoms. The number of carboxylic acids is 1. The minimum absolute atomic E-state index is 0.385. The number of thioether (sulfide) groups is 1. The van der Waals surface area contributed by atoms with Gasteiger partial charge in [-0.05, 0) is 50.2 Å². The number of aryl methyl sites for hydroxylation is 1. The Labute approximate surface area is 112 Å². The van der Waals surface area contributed by atoms with Gasteiger partial charge in [0.05, 0.1) is 0 Å². The lowest BCUT2D eigenvalue weighted by Crippen LogP contribution is -2.57. The summed E-state index contributed by atoms with van der Waals surface area (Å²) >= 11 is 1.55. The van der Waals surface area contributed by atoms with E-state index in [0.29, 0.717) is 5.41 Å². The number of aliphatic carboxylic acids is 1. The van der Waals surface area contributed by atoms with E-state index in [2.05, 4.69) is 12.1 Å². The van der Waals surface area contributed by atoms with Gasteiger partial charge in [-0.1, -0.05) is 24.1 Å². The summed E-state index contributed by atoms with van der Waals surface area (Å²) in [5.41, 5.74) is 1.60. The van der Waals surface area contributed by atoms with Crippen LogP contribution in [0.3, 0.4) is 0 Å². The molecule has 0 aliphatic heterocycles. The molecule has 2 fully saturated rings. The largest absolute Gasteiger partial charge is 0.480 e. The molecule has 1 aromatic carbocycles. The average Bonchev–Trinajstić information content (AvgIpc) is 2.22. The Balaban J connectivity index is 1.76. The van der Waals surface area contributed by atoms with Crippen LogP contribution < -0.4 is 0 Å². The molecule has 1 aromatic rings. The third-order valence-corrected chi connectivity index (χ3v) is 5.82. The molecule has 3 heteroatoms. The second-order valence-electron chi connectivity index (χ2n) is 5.92. The van der Waals surface area contributed by atoms with E-state index < -0.39 is 10.7 Å². The van der Waals surface area contributed by atoms with Crippen LogP contribution in [0.2, 0.25) is 0 Å². The molecule has 3 rings (SSSR count). The molecule has 0 radical (unpaired) electrons. The third kappa shape index (κ3) is 1.85. The van der Waals surface area contributed by atoms with Crippen LogP contribution in [0.5, 0.6) is 0 Å². The summed E-state index contributed by atoms with van der Waals surface area (Å²) in [7, 11) is 0. The van der Waals surface area contributed by atoms with E-state index in [0.717, 1.165) is 17.7 Å². The van der Waals surface area contributed by atoms with Gasteiger partial charge >= 0.3 is 5.97 Å². The fourth-order valence-electron chi connectivity index (χ4n) is 3.29. The smallest absolute Gasteiger partial charge is 0.320 e. The van der Waals surface area contributed by atoms with E-state index in [1.54, 1.807) is 11.8 Å². The van der Waals surface area contributed by atoms with Crippen LogP contribution in [0.25, 0.3) is 0 Å². The van der Waals surface area contributed by atoms with E-state index in [4.69, 9.17) is 0 Å². The van der Waals surface area contributed by atoms with Crippen molar-refractivity contribution in [3.05, 3.63) is 29.8 Å². The van der Waals surface area contributed by atoms with Crippen LogP contribution in [-0.4, -0.2) is 15.8 Å². The molecule has 18 heavy (non-hydrogen) atoms. The zero-order valence-electron chi connectivity index (χ0n) is 10.6. The first-order valence-electron chi connectivity index (χ1n) is 6.53. The molecular weight excluding hydrogens is 244 g/mol. The summed E-state index contributed by atoms with van der Waals surface area (Å²) in [4.78, 5) is 12.7. The molecule has 0 amide bonds. The van der Waals surface area contributed by atoms with Crippen molar-refractivity contribution >= 4 is 17.7 Å². The zero-order valence-corrected chi connectivity index (χ0v) is 11.4. The number of carboxylic acid groups (broad SMARTS) is 1. The summed E-state index contributed by atoms with van der Waals surface area (Å²) in [6.07, 6.45) is 5.46. The van der Waals surface area contributed by atoms with Crippen molar-refractivity contribution in [1.82, 2.24) is 0 Å². The standard InChI is InChI=1S/C15H18O2S/c1-11-3-5-12(6-4-11)18-15(13(16)17)9-14(10-15)7-2-8-14/h3-6H,2,7-10H2,1H3,(H,16,17). The van der Waals surface area contributed by atoms with Crippen molar-refractivity contribution in [2.45, 2.75) is 48.7 Å². The third-order valence-electron chi connectivity index (χ3n) is 4.46. The van der Waals surface area contributed by atoms with Crippen molar-refractivity contribution in [1.29, 1.82) is 0 Å². The molecule has 1 spiro atoms. The van der Waals surface area contributed by atoms with Gasteiger partial charge in [-0.3, -0.25) is 4.79 Å². The second kappa shape index (κ2) is 4.02. The number of hydrogen-bond acceptors (Lipinski definition) is 2. The van der Waals surface area contributed by atoms with Gasteiger partial charge in [0, 0.05) is 4.90 Å². The fourth-order valence-corrected chi connectivity index (χ4v) is 4.86. The highest BCUT2D eigenvalue weighted by Gasteiger charge is 2.61. The maximum Gasteiger partial charge on any atom is 0.320 e. The lowest BCUT2D eigenvalue weighted by Gasteiger charge is -2.58. The van der Waals surface area contributed by atoms with Crippen LogP contribution in [0, 0.1) is 12.3 Å². The summed E-state index contributed by atoms with van der Waals surface area (Å²) in [6, 6.07) is 8.18. The van der Waals surface area contributed by atoms with Gasteiger partial charge in [-0.15, -0.1) is 11.8 Å². The van der Waals surface area contributed by atoms with E-state index in [9.17, 15) is 9.90 Å². The summed E-state index contributed by atoms with van der Waals surface area (Å²) in [5.74, 6) is -0.634. The Morgan fingerprint density at radius 3 is 2.28 bits per heavy atom. The second-order valence-corrected chi connectivity index (χ2v) is 7.38. The minimum atomic E-state index is -0.634. The molecule has 0 unspecified atom stereocenters. The van der Waals surface area contributed by atoms with Crippen molar-refractivity contribution in [2.75, 3.05) is 0 Å². The average molecular weight is 262 g/mol. The predicted octanol–water partition coefficient (Wildman–Crippen LogP) is 3.87. The maximum absolute atomic E-state index is 11.6. The van der Waals surface area contributed by atoms with Gasteiger partial charge in [-0.2, -0.15) is 0 Å². The van der Waals surface area contributed by atoms with Gasteiger partial charge in [-0.25, -0.2) is 0 Å². The normalized spacial score (nSPS) is 23.2. The Hall–Kier alpha value is -0.960. The fraction of sp³-hybridized carbons (Fsp3) is 0.533. The van der Waals surface area contributed by atoms with Crippen molar-refractivity contribution in [3.8, 4) is 0 Å². The van der Waals surface area contributed by atoms with Crippen LogP contribution in [0.1, 0.15) is 37.7 Å². The number of rotatable bonds is 3. The summed E-state index contributed by atoms with van der Waals surface area (Å²) in [6.45, 7) is 2.05. The monoisotopic (exact) mass is 262 g/mol. The molecule has 2 saturated carbocycles. The molecule has 0 heterocycles. The first kappa shape index (κ1) is 12.1. The molecule has 96 valence electrons. The van der Waals surface area contributed by atoms with Crippen LogP contribution in [-0.2, 0) is 4.79 Å². The van der Waals surface area contributed by atoms with Crippen LogP contribution in [0.15, 0.2) is 29.2 Å². The van der Waals surface area contributed by atoms with Gasteiger partial charge in [0.1, 0.15) is 4.75 Å². The predicted molar refractivity (Wildman–Crippen MR) is 72.9 cm³/mol. The molecular formula is C15H18O2S. The molecule has 0 saturated heterocycles.